The maximum Gasteiger partial charge on any atom is 0.253 e. The van der Waals surface area contributed by atoms with E-state index in [1.54, 1.807) is 0 Å². The van der Waals surface area contributed by atoms with Crippen LogP contribution in [0.15, 0.2) is 28.8 Å². The molecule has 31 heavy (non-hydrogen) atoms. The molecule has 0 bridgehead atoms. The zero-order valence-corrected chi connectivity index (χ0v) is 16.4. The van der Waals surface area contributed by atoms with Crippen molar-refractivity contribution in [3.05, 3.63) is 61.3 Å². The number of nitrogens with one attached hydrogen (secondary N) is 3. The summed E-state index contributed by atoms with van der Waals surface area (Å²) in [6.07, 6.45) is 0. The van der Waals surface area contributed by atoms with Crippen molar-refractivity contribution in [2.24, 2.45) is 0 Å². The lowest BCUT2D eigenvalue weighted by Crippen LogP contribution is -2.42. The van der Waals surface area contributed by atoms with E-state index >= 15 is 0 Å². The Morgan fingerprint density at radius 3 is 0.968 bits per heavy atom. The number of hydrogen-bond acceptors (Lipinski definition) is 13. The highest BCUT2D eigenvalue weighted by atomic mass is 16.2. The van der Waals surface area contributed by atoms with E-state index in [-0.39, 0.29) is 34.1 Å². The van der Waals surface area contributed by atoms with Crippen molar-refractivity contribution in [3.8, 4) is 0 Å². The second kappa shape index (κ2) is 8.39. The molecule has 0 aliphatic carbocycles. The maximum absolute atomic E-state index is 11.5. The van der Waals surface area contributed by atoms with Gasteiger partial charge in [0.2, 0.25) is 0 Å². The van der Waals surface area contributed by atoms with Gasteiger partial charge in [0, 0.05) is 39.3 Å². The lowest BCUT2D eigenvalue weighted by molar-refractivity contribution is 0.306. The van der Waals surface area contributed by atoms with E-state index < -0.39 is 32.6 Å². The van der Waals surface area contributed by atoms with Gasteiger partial charge in [0.05, 0.1) is 0 Å². The fourth-order valence-electron chi connectivity index (χ4n) is 3.11. The van der Waals surface area contributed by atoms with Crippen LogP contribution in [0.25, 0.3) is 0 Å². The van der Waals surface area contributed by atoms with Crippen LogP contribution in [0.3, 0.4) is 0 Å². The van der Waals surface area contributed by atoms with E-state index in [0.717, 1.165) is 0 Å². The largest absolute Gasteiger partial charge is 0.394 e. The first kappa shape index (κ1) is 21.7. The summed E-state index contributed by atoms with van der Waals surface area (Å²) in [5, 5.41) is 8.42. The second-order valence-corrected chi connectivity index (χ2v) is 6.96. The summed E-state index contributed by atoms with van der Waals surface area (Å²) in [6.45, 7) is 2.10. The molecule has 0 aliphatic rings. The highest BCUT2D eigenvalue weighted by molar-refractivity contribution is 5.72. The number of anilines is 6. The van der Waals surface area contributed by atoms with E-state index in [4.69, 9.17) is 17.2 Å². The topological polar surface area (TPSA) is 220 Å². The van der Waals surface area contributed by atoms with Gasteiger partial charge >= 0.3 is 0 Å². The molecule has 0 radical (unpaired) electrons. The normalized spacial score (nSPS) is 11.5. The molecule has 0 spiro atoms. The van der Waals surface area contributed by atoms with E-state index in [0.29, 0.717) is 39.3 Å². The molecule has 13 heteroatoms. The van der Waals surface area contributed by atoms with Crippen LogP contribution in [0.4, 0.5) is 34.1 Å². The third-order valence-electron chi connectivity index (χ3n) is 5.03. The van der Waals surface area contributed by atoms with Gasteiger partial charge in [-0.25, -0.2) is 0 Å². The highest BCUT2D eigenvalue weighted by Gasteiger charge is 2.20. The fraction of sp³-hybridized carbons (Fsp3) is 0.333. The maximum atomic E-state index is 11.5. The average molecular weight is 431 g/mol. The lowest BCUT2D eigenvalue weighted by Gasteiger charge is -2.24. The predicted octanol–water partition coefficient (Wildman–Crippen LogP) is -3.84. The van der Waals surface area contributed by atoms with Crippen molar-refractivity contribution >= 4 is 34.1 Å². The van der Waals surface area contributed by atoms with Crippen LogP contribution in [-0.2, 0) is 0 Å². The second-order valence-electron chi connectivity index (χ2n) is 6.96. The lowest BCUT2D eigenvalue weighted by atomic mass is 10.2. The molecule has 0 aromatic heterocycles. The summed E-state index contributed by atoms with van der Waals surface area (Å²) in [6, 6.07) is 0. The van der Waals surface area contributed by atoms with Gasteiger partial charge in [-0.05, 0) is 0 Å². The van der Waals surface area contributed by atoms with Crippen molar-refractivity contribution in [1.29, 1.82) is 0 Å². The van der Waals surface area contributed by atoms with Gasteiger partial charge in [-0.3, -0.25) is 33.7 Å². The molecule has 164 valence electrons. The van der Waals surface area contributed by atoms with Crippen LogP contribution in [0.2, 0.25) is 0 Å². The van der Waals surface area contributed by atoms with Crippen molar-refractivity contribution in [2.45, 2.75) is 0 Å². The summed E-state index contributed by atoms with van der Waals surface area (Å²) >= 11 is 0. The molecule has 3 rings (SSSR count). The van der Waals surface area contributed by atoms with Crippen molar-refractivity contribution in [2.75, 3.05) is 72.4 Å². The Labute approximate surface area is 173 Å². The van der Waals surface area contributed by atoms with Gasteiger partial charge in [0.25, 0.3) is 32.6 Å². The standard InChI is InChI=1S/C18H21N7O6/c19-7-10(16(29)13(7)26)22-1-4-25(5-2-23-11-8(20)14(27)17(11)30)6-3-24-12-9(21)15(28)18(12)31/h22-24H,1-6,19-21H2. The van der Waals surface area contributed by atoms with E-state index in [2.05, 4.69) is 16.0 Å². The van der Waals surface area contributed by atoms with Crippen LogP contribution in [-0.4, -0.2) is 44.2 Å². The first-order chi connectivity index (χ1) is 14.6. The number of rotatable bonds is 12. The SMILES string of the molecule is Nc1c(NCCN(CCNc2c(N)c(=O)c2=O)CCNc2c(N)c(=O)c2=O)c(=O)c1=O. The van der Waals surface area contributed by atoms with Gasteiger partial charge in [0.1, 0.15) is 34.1 Å². The molecular weight excluding hydrogens is 410 g/mol. The van der Waals surface area contributed by atoms with Crippen LogP contribution in [0.5, 0.6) is 0 Å². The van der Waals surface area contributed by atoms with E-state index in [1.165, 1.54) is 0 Å². The third-order valence-corrected chi connectivity index (χ3v) is 5.03. The first-order valence-electron chi connectivity index (χ1n) is 9.35. The Kier molecular flexibility index (Phi) is 5.88. The number of hydrogen-bond donors (Lipinski definition) is 6. The fourth-order valence-corrected chi connectivity index (χ4v) is 3.11. The van der Waals surface area contributed by atoms with E-state index in [9.17, 15) is 28.8 Å². The number of nitrogens with zero attached hydrogens (tertiary/aromatic N) is 1. The predicted molar refractivity (Wildman–Crippen MR) is 119 cm³/mol. The van der Waals surface area contributed by atoms with Gasteiger partial charge in [0.15, 0.2) is 0 Å². The molecule has 3 aromatic carbocycles. The smallest absolute Gasteiger partial charge is 0.253 e. The highest BCUT2D eigenvalue weighted by Crippen LogP contribution is 2.10. The van der Waals surface area contributed by atoms with Crippen molar-refractivity contribution in [3.63, 3.8) is 0 Å². The van der Waals surface area contributed by atoms with Gasteiger partial charge in [-0.2, -0.15) is 0 Å². The molecule has 0 heterocycles. The minimum Gasteiger partial charge on any atom is -0.394 e. The molecule has 3 aromatic rings. The zero-order chi connectivity index (χ0) is 22.9. The Morgan fingerprint density at radius 1 is 0.484 bits per heavy atom. The summed E-state index contributed by atoms with van der Waals surface area (Å²) < 4.78 is 0. The molecule has 0 saturated carbocycles. The molecule has 0 fully saturated rings. The van der Waals surface area contributed by atoms with Crippen LogP contribution in [0.1, 0.15) is 0 Å². The third kappa shape index (κ3) is 3.90. The monoisotopic (exact) mass is 431 g/mol. The average Bonchev–Trinajstić information content (AvgIpc) is 2.79. The molecule has 9 N–H and O–H groups in total. The Hall–Kier alpha value is -4.00. The quantitative estimate of drug-likeness (QED) is 0.151. The van der Waals surface area contributed by atoms with E-state index in [1.807, 2.05) is 4.90 Å². The van der Waals surface area contributed by atoms with Gasteiger partial charge in [-0.15, -0.1) is 0 Å². The Balaban J connectivity index is 1.53. The molecule has 13 nitrogen and oxygen atoms in total. The Morgan fingerprint density at radius 2 is 0.742 bits per heavy atom. The summed E-state index contributed by atoms with van der Waals surface area (Å²) in [4.78, 5) is 69.8. The van der Waals surface area contributed by atoms with Crippen LogP contribution >= 0.6 is 0 Å². The number of nitrogens with two attached hydrogens (primary N) is 3. The molecule has 0 atom stereocenters. The van der Waals surface area contributed by atoms with Crippen LogP contribution in [0, 0.1) is 0 Å². The molecular formula is C18H21N7O6. The molecule has 0 amide bonds. The number of nitrogen functional groups attached to an aromatic ring is 3. The minimum atomic E-state index is -0.719. The molecule has 0 unspecified atom stereocenters. The molecule has 0 saturated heterocycles. The summed E-state index contributed by atoms with van der Waals surface area (Å²) in [5.41, 5.74) is 12.2. The van der Waals surface area contributed by atoms with Crippen molar-refractivity contribution < 1.29 is 0 Å². The minimum absolute atomic E-state index is 0.0780. The Bertz CT molecular complexity index is 1170. The van der Waals surface area contributed by atoms with Gasteiger partial charge < -0.3 is 33.2 Å². The summed E-state index contributed by atoms with van der Waals surface area (Å²) in [5.74, 6) is 0. The van der Waals surface area contributed by atoms with Gasteiger partial charge in [-0.1, -0.05) is 0 Å². The van der Waals surface area contributed by atoms with Crippen molar-refractivity contribution in [1.82, 2.24) is 4.90 Å². The van der Waals surface area contributed by atoms with Crippen LogP contribution < -0.4 is 65.7 Å². The molecule has 0 aliphatic heterocycles. The first-order valence-corrected chi connectivity index (χ1v) is 9.35. The zero-order valence-electron chi connectivity index (χ0n) is 16.4. The summed E-state index contributed by atoms with van der Waals surface area (Å²) in [7, 11) is 0.